The fraction of sp³-hybridized carbons (Fsp3) is 0.0476. The van der Waals surface area contributed by atoms with E-state index in [0.29, 0.717) is 16.8 Å². The number of amides is 2. The van der Waals surface area contributed by atoms with Gasteiger partial charge in [0.25, 0.3) is 0 Å². The van der Waals surface area contributed by atoms with Crippen LogP contribution in [0.1, 0.15) is 5.56 Å². The number of hydrogen-bond acceptors (Lipinski definition) is 2. The summed E-state index contributed by atoms with van der Waals surface area (Å²) in [7, 11) is 0. The lowest BCUT2D eigenvalue weighted by atomic mass is 10.1. The van der Waals surface area contributed by atoms with Crippen LogP contribution in [0.4, 0.5) is 28.0 Å². The summed E-state index contributed by atoms with van der Waals surface area (Å²) in [4.78, 5) is 15.7. The number of amidine groups is 1. The first-order chi connectivity index (χ1) is 14.6. The van der Waals surface area contributed by atoms with Crippen molar-refractivity contribution >= 4 is 29.2 Å². The molecule has 0 unspecified atom stereocenters. The van der Waals surface area contributed by atoms with Gasteiger partial charge in [-0.2, -0.15) is 4.99 Å². The molecular formula is C21H14ClF4N3O2. The molecule has 0 atom stereocenters. The number of halogens is 5. The normalized spacial score (nSPS) is 11.8. The quantitative estimate of drug-likeness (QED) is 0.291. The highest BCUT2D eigenvalue weighted by molar-refractivity contribution is 6.34. The summed E-state index contributed by atoms with van der Waals surface area (Å²) in [5.41, 5.74) is 6.91. The molecular weight excluding hydrogens is 438 g/mol. The summed E-state index contributed by atoms with van der Waals surface area (Å²) in [6.07, 6.45) is -4.79. The minimum absolute atomic E-state index is 0.00939. The van der Waals surface area contributed by atoms with Gasteiger partial charge in [-0.15, -0.1) is 13.2 Å². The molecule has 10 heteroatoms. The molecule has 0 aliphatic heterocycles. The number of urea groups is 1. The highest BCUT2D eigenvalue weighted by Gasteiger charge is 2.31. The van der Waals surface area contributed by atoms with Crippen LogP contribution in [0.3, 0.4) is 0 Å². The Labute approximate surface area is 179 Å². The van der Waals surface area contributed by atoms with E-state index in [2.05, 4.69) is 15.0 Å². The number of rotatable bonds is 4. The lowest BCUT2D eigenvalue weighted by molar-refractivity contribution is -0.274. The van der Waals surface area contributed by atoms with Crippen LogP contribution in [0.15, 0.2) is 71.7 Å². The Hall–Kier alpha value is -3.59. The second-order valence-corrected chi connectivity index (χ2v) is 6.58. The zero-order valence-electron chi connectivity index (χ0n) is 15.6. The first-order valence-corrected chi connectivity index (χ1v) is 9.06. The maximum Gasteiger partial charge on any atom is 0.573 e. The number of nitrogens with zero attached hydrogens (tertiary/aromatic N) is 1. The van der Waals surface area contributed by atoms with Crippen molar-refractivity contribution in [3.8, 4) is 16.9 Å². The molecule has 160 valence electrons. The second kappa shape index (κ2) is 9.05. The molecule has 0 heterocycles. The average molecular weight is 452 g/mol. The SMILES string of the molecule is N/C(=N\C(=O)Nc1ccc(-c2cccc(OC(F)(F)F)c2)cc1)c1c(F)cccc1Cl. The van der Waals surface area contributed by atoms with Gasteiger partial charge in [-0.25, -0.2) is 9.18 Å². The molecule has 0 fully saturated rings. The van der Waals surface area contributed by atoms with E-state index in [1.54, 1.807) is 18.2 Å². The molecule has 3 rings (SSSR count). The third-order valence-electron chi connectivity index (χ3n) is 3.98. The number of aliphatic imine (C=N–C) groups is 1. The van der Waals surface area contributed by atoms with Gasteiger partial charge in [0.05, 0.1) is 10.6 Å². The Kier molecular flexibility index (Phi) is 6.45. The number of hydrogen-bond donors (Lipinski definition) is 2. The Morgan fingerprint density at radius 2 is 1.68 bits per heavy atom. The molecule has 0 saturated heterocycles. The van der Waals surface area contributed by atoms with Crippen LogP contribution in [0.5, 0.6) is 5.75 Å². The Morgan fingerprint density at radius 1 is 1.00 bits per heavy atom. The Bertz CT molecular complexity index is 1110. The molecule has 3 aromatic rings. The predicted molar refractivity (Wildman–Crippen MR) is 110 cm³/mol. The van der Waals surface area contributed by atoms with Crippen LogP contribution in [-0.2, 0) is 0 Å². The van der Waals surface area contributed by atoms with Crippen molar-refractivity contribution in [3.63, 3.8) is 0 Å². The van der Waals surface area contributed by atoms with Crippen LogP contribution in [-0.4, -0.2) is 18.2 Å². The molecule has 0 aliphatic carbocycles. The number of nitrogens with two attached hydrogens (primary N) is 1. The molecule has 31 heavy (non-hydrogen) atoms. The summed E-state index contributed by atoms with van der Waals surface area (Å²) >= 11 is 5.89. The van der Waals surface area contributed by atoms with Gasteiger partial charge >= 0.3 is 12.4 Å². The summed E-state index contributed by atoms with van der Waals surface area (Å²) in [6.45, 7) is 0. The molecule has 5 nitrogen and oxygen atoms in total. The van der Waals surface area contributed by atoms with Crippen LogP contribution < -0.4 is 15.8 Å². The largest absolute Gasteiger partial charge is 0.573 e. The monoisotopic (exact) mass is 451 g/mol. The minimum atomic E-state index is -4.79. The molecule has 3 aromatic carbocycles. The van der Waals surface area contributed by atoms with Gasteiger partial charge in [-0.1, -0.05) is 41.9 Å². The van der Waals surface area contributed by atoms with E-state index < -0.39 is 24.0 Å². The maximum atomic E-state index is 13.9. The second-order valence-electron chi connectivity index (χ2n) is 6.18. The fourth-order valence-electron chi connectivity index (χ4n) is 2.68. The number of carbonyl (C=O) groups excluding carboxylic acids is 1. The van der Waals surface area contributed by atoms with E-state index in [-0.39, 0.29) is 16.3 Å². The topological polar surface area (TPSA) is 76.7 Å². The number of ether oxygens (including phenoxy) is 1. The third-order valence-corrected chi connectivity index (χ3v) is 4.29. The lowest BCUT2D eigenvalue weighted by Gasteiger charge is -2.10. The predicted octanol–water partition coefficient (Wildman–Crippen LogP) is 5.98. The third kappa shape index (κ3) is 5.95. The van der Waals surface area contributed by atoms with E-state index in [9.17, 15) is 22.4 Å². The van der Waals surface area contributed by atoms with Gasteiger partial charge < -0.3 is 15.8 Å². The van der Waals surface area contributed by atoms with Crippen molar-refractivity contribution in [1.82, 2.24) is 0 Å². The highest BCUT2D eigenvalue weighted by Crippen LogP contribution is 2.28. The number of carbonyl (C=O) groups is 1. The van der Waals surface area contributed by atoms with Gasteiger partial charge in [0.1, 0.15) is 17.4 Å². The Balaban J connectivity index is 1.72. The molecule has 0 radical (unpaired) electrons. The molecule has 2 amide bonds. The number of nitrogens with one attached hydrogen (secondary N) is 1. The average Bonchev–Trinajstić information content (AvgIpc) is 2.67. The highest BCUT2D eigenvalue weighted by atomic mass is 35.5. The molecule has 0 aliphatic rings. The van der Waals surface area contributed by atoms with Gasteiger partial charge in [-0.05, 0) is 47.5 Å². The van der Waals surface area contributed by atoms with Crippen LogP contribution in [0.25, 0.3) is 11.1 Å². The first-order valence-electron chi connectivity index (χ1n) is 8.68. The molecule has 0 bridgehead atoms. The van der Waals surface area contributed by atoms with E-state index in [0.717, 1.165) is 6.07 Å². The van der Waals surface area contributed by atoms with Crippen molar-refractivity contribution in [2.45, 2.75) is 6.36 Å². The standard InChI is InChI=1S/C21H14ClF4N3O2/c22-16-5-2-6-17(23)18(16)19(27)29-20(30)28-14-9-7-12(8-10-14)13-3-1-4-15(11-13)31-21(24,25)26/h1-11H,(H3,27,28,29,30). The maximum absolute atomic E-state index is 13.9. The van der Waals surface area contributed by atoms with E-state index >= 15 is 0 Å². The minimum Gasteiger partial charge on any atom is -0.406 e. The van der Waals surface area contributed by atoms with Crippen LogP contribution in [0, 0.1) is 5.82 Å². The van der Waals surface area contributed by atoms with Crippen molar-refractivity contribution in [2.75, 3.05) is 5.32 Å². The molecule has 3 N–H and O–H groups in total. The molecule has 0 aromatic heterocycles. The molecule has 0 saturated carbocycles. The fourth-order valence-corrected chi connectivity index (χ4v) is 2.94. The van der Waals surface area contributed by atoms with Crippen LogP contribution in [0.2, 0.25) is 5.02 Å². The van der Waals surface area contributed by atoms with E-state index in [1.807, 2.05) is 0 Å². The van der Waals surface area contributed by atoms with Gasteiger partial charge in [-0.3, -0.25) is 0 Å². The summed E-state index contributed by atoms with van der Waals surface area (Å²) in [5, 5.41) is 2.47. The van der Waals surface area contributed by atoms with Gasteiger partial charge in [0, 0.05) is 5.69 Å². The van der Waals surface area contributed by atoms with Gasteiger partial charge in [0.2, 0.25) is 0 Å². The first kappa shape index (κ1) is 22.1. The van der Waals surface area contributed by atoms with E-state index in [4.69, 9.17) is 17.3 Å². The number of benzene rings is 3. The lowest BCUT2D eigenvalue weighted by Crippen LogP contribution is -2.20. The number of anilines is 1. The van der Waals surface area contributed by atoms with Crippen molar-refractivity contribution in [1.29, 1.82) is 0 Å². The van der Waals surface area contributed by atoms with Crippen molar-refractivity contribution < 1.29 is 27.1 Å². The summed E-state index contributed by atoms with van der Waals surface area (Å²) in [6, 6.07) is 14.8. The van der Waals surface area contributed by atoms with Crippen molar-refractivity contribution in [2.24, 2.45) is 10.7 Å². The number of alkyl halides is 3. The summed E-state index contributed by atoms with van der Waals surface area (Å²) < 4.78 is 54.9. The van der Waals surface area contributed by atoms with E-state index in [1.165, 1.54) is 42.5 Å². The Morgan fingerprint density at radius 3 is 2.32 bits per heavy atom. The zero-order chi connectivity index (χ0) is 22.6. The van der Waals surface area contributed by atoms with Crippen molar-refractivity contribution in [3.05, 3.63) is 83.1 Å². The smallest absolute Gasteiger partial charge is 0.406 e. The zero-order valence-corrected chi connectivity index (χ0v) is 16.3. The van der Waals surface area contributed by atoms with Gasteiger partial charge in [0.15, 0.2) is 0 Å². The van der Waals surface area contributed by atoms with Crippen LogP contribution >= 0.6 is 11.6 Å². The molecule has 0 spiro atoms. The summed E-state index contributed by atoms with van der Waals surface area (Å²) in [5.74, 6) is -1.46.